The molecular formula is C13H19BrN2O2. The minimum Gasteiger partial charge on any atom is -0.492 e. The fourth-order valence-corrected chi connectivity index (χ4v) is 2.06. The summed E-state index contributed by atoms with van der Waals surface area (Å²) in [5.74, 6) is 0.758. The van der Waals surface area contributed by atoms with Crippen molar-refractivity contribution in [2.45, 2.75) is 19.8 Å². The lowest BCUT2D eigenvalue weighted by Crippen LogP contribution is -2.24. The third kappa shape index (κ3) is 5.06. The summed E-state index contributed by atoms with van der Waals surface area (Å²) < 4.78 is 6.44. The van der Waals surface area contributed by atoms with E-state index in [1.165, 1.54) is 5.56 Å². The molecule has 1 rings (SSSR count). The van der Waals surface area contributed by atoms with Crippen LogP contribution in [0.5, 0.6) is 5.75 Å². The molecule has 0 bridgehead atoms. The van der Waals surface area contributed by atoms with E-state index < -0.39 is 0 Å². The van der Waals surface area contributed by atoms with Crippen molar-refractivity contribution in [2.24, 2.45) is 5.73 Å². The number of carbonyl (C=O) groups is 1. The summed E-state index contributed by atoms with van der Waals surface area (Å²) in [7, 11) is 0. The predicted octanol–water partition coefficient (Wildman–Crippen LogP) is 1.86. The van der Waals surface area contributed by atoms with Gasteiger partial charge in [0.25, 0.3) is 0 Å². The summed E-state index contributed by atoms with van der Waals surface area (Å²) >= 11 is 3.45. The summed E-state index contributed by atoms with van der Waals surface area (Å²) in [6.07, 6.45) is 1.21. The molecule has 0 aliphatic carbocycles. The van der Waals surface area contributed by atoms with Crippen LogP contribution in [0.3, 0.4) is 0 Å². The number of benzene rings is 1. The number of ether oxygens (including phenoxy) is 1. The molecule has 0 saturated heterocycles. The fraction of sp³-hybridized carbons (Fsp3) is 0.462. The van der Waals surface area contributed by atoms with Crippen LogP contribution in [-0.4, -0.2) is 25.6 Å². The van der Waals surface area contributed by atoms with Crippen LogP contribution in [0.25, 0.3) is 0 Å². The number of halogens is 1. The Kier molecular flexibility index (Phi) is 6.75. The maximum Gasteiger partial charge on any atom is 0.223 e. The van der Waals surface area contributed by atoms with Crippen molar-refractivity contribution in [3.8, 4) is 5.75 Å². The first-order valence-corrected chi connectivity index (χ1v) is 6.84. The Morgan fingerprint density at radius 3 is 2.89 bits per heavy atom. The zero-order valence-electron chi connectivity index (χ0n) is 10.5. The minimum absolute atomic E-state index is 0.00775. The number of amides is 1. The highest BCUT2D eigenvalue weighted by Gasteiger charge is 2.04. The van der Waals surface area contributed by atoms with Crippen molar-refractivity contribution in [1.29, 1.82) is 0 Å². The predicted molar refractivity (Wildman–Crippen MR) is 75.7 cm³/mol. The van der Waals surface area contributed by atoms with Gasteiger partial charge in [0.05, 0.1) is 17.5 Å². The third-order valence-corrected chi connectivity index (χ3v) is 3.01. The van der Waals surface area contributed by atoms with Gasteiger partial charge in [0.2, 0.25) is 5.91 Å². The van der Waals surface area contributed by atoms with E-state index in [-0.39, 0.29) is 5.91 Å². The Labute approximate surface area is 116 Å². The fourth-order valence-electron chi connectivity index (χ4n) is 1.52. The first kappa shape index (κ1) is 15.0. The van der Waals surface area contributed by atoms with Crippen LogP contribution in [0.15, 0.2) is 22.7 Å². The normalized spacial score (nSPS) is 10.2. The molecular weight excluding hydrogens is 296 g/mol. The Balaban J connectivity index is 2.45. The molecule has 0 spiro atoms. The zero-order chi connectivity index (χ0) is 13.4. The molecule has 0 heterocycles. The van der Waals surface area contributed by atoms with E-state index in [0.717, 1.165) is 16.6 Å². The number of nitrogens with two attached hydrogens (primary N) is 1. The topological polar surface area (TPSA) is 64.3 Å². The average molecular weight is 315 g/mol. The summed E-state index contributed by atoms with van der Waals surface area (Å²) in [5.41, 5.74) is 6.67. The third-order valence-electron chi connectivity index (χ3n) is 2.39. The van der Waals surface area contributed by atoms with Gasteiger partial charge in [0.1, 0.15) is 5.75 Å². The molecule has 0 saturated carbocycles. The molecule has 4 nitrogen and oxygen atoms in total. The molecule has 0 unspecified atom stereocenters. The van der Waals surface area contributed by atoms with Crippen molar-refractivity contribution in [2.75, 3.05) is 19.7 Å². The Morgan fingerprint density at radius 1 is 1.50 bits per heavy atom. The lowest BCUT2D eigenvalue weighted by molar-refractivity contribution is -0.121. The molecule has 0 radical (unpaired) electrons. The molecule has 1 aromatic carbocycles. The van der Waals surface area contributed by atoms with E-state index >= 15 is 0 Å². The lowest BCUT2D eigenvalue weighted by atomic mass is 10.1. The number of nitrogens with one attached hydrogen (secondary N) is 1. The number of hydrogen-bond acceptors (Lipinski definition) is 3. The standard InChI is InChI=1S/C13H19BrN2O2/c1-2-16-13(17)6-8-18-12-4-3-10(5-7-15)9-11(12)14/h3-4,9H,2,5-8,15H2,1H3,(H,16,17). The smallest absolute Gasteiger partial charge is 0.223 e. The van der Waals surface area contributed by atoms with Gasteiger partial charge in [-0.3, -0.25) is 4.79 Å². The maximum absolute atomic E-state index is 11.2. The van der Waals surface area contributed by atoms with Gasteiger partial charge in [-0.2, -0.15) is 0 Å². The molecule has 18 heavy (non-hydrogen) atoms. The maximum atomic E-state index is 11.2. The summed E-state index contributed by atoms with van der Waals surface area (Å²) in [5, 5.41) is 2.73. The van der Waals surface area contributed by atoms with E-state index in [4.69, 9.17) is 10.5 Å². The van der Waals surface area contributed by atoms with Crippen LogP contribution < -0.4 is 15.8 Å². The summed E-state index contributed by atoms with van der Waals surface area (Å²) in [4.78, 5) is 11.2. The van der Waals surface area contributed by atoms with Crippen molar-refractivity contribution in [3.63, 3.8) is 0 Å². The monoisotopic (exact) mass is 314 g/mol. The van der Waals surface area contributed by atoms with Crippen LogP contribution in [0, 0.1) is 0 Å². The highest BCUT2D eigenvalue weighted by atomic mass is 79.9. The van der Waals surface area contributed by atoms with Gasteiger partial charge in [-0.05, 0) is 53.5 Å². The minimum atomic E-state index is 0.00775. The van der Waals surface area contributed by atoms with Gasteiger partial charge in [-0.15, -0.1) is 0 Å². The highest BCUT2D eigenvalue weighted by Crippen LogP contribution is 2.26. The second kappa shape index (κ2) is 8.11. The molecule has 0 aliphatic heterocycles. The van der Waals surface area contributed by atoms with Crippen LogP contribution in [-0.2, 0) is 11.2 Å². The van der Waals surface area contributed by atoms with E-state index in [9.17, 15) is 4.79 Å². The Hall–Kier alpha value is -1.07. The molecule has 1 aromatic rings. The van der Waals surface area contributed by atoms with Crippen molar-refractivity contribution >= 4 is 21.8 Å². The molecule has 3 N–H and O–H groups in total. The zero-order valence-corrected chi connectivity index (χ0v) is 12.1. The van der Waals surface area contributed by atoms with Gasteiger partial charge in [-0.1, -0.05) is 6.07 Å². The molecule has 0 atom stereocenters. The highest BCUT2D eigenvalue weighted by molar-refractivity contribution is 9.10. The number of hydrogen-bond donors (Lipinski definition) is 2. The first-order chi connectivity index (χ1) is 8.67. The number of rotatable bonds is 7. The van der Waals surface area contributed by atoms with Gasteiger partial charge in [0, 0.05) is 6.54 Å². The Bertz CT molecular complexity index is 397. The molecule has 0 aromatic heterocycles. The SMILES string of the molecule is CCNC(=O)CCOc1ccc(CCN)cc1Br. The van der Waals surface area contributed by atoms with Crippen LogP contribution in [0.2, 0.25) is 0 Å². The molecule has 1 amide bonds. The second-order valence-corrected chi connectivity index (χ2v) is 4.71. The average Bonchev–Trinajstić information content (AvgIpc) is 2.33. The van der Waals surface area contributed by atoms with Crippen LogP contribution in [0.1, 0.15) is 18.9 Å². The second-order valence-electron chi connectivity index (χ2n) is 3.86. The van der Waals surface area contributed by atoms with Gasteiger partial charge in [0.15, 0.2) is 0 Å². The van der Waals surface area contributed by atoms with E-state index in [2.05, 4.69) is 21.2 Å². The van der Waals surface area contributed by atoms with E-state index in [1.807, 2.05) is 25.1 Å². The van der Waals surface area contributed by atoms with Gasteiger partial charge < -0.3 is 15.8 Å². The molecule has 0 fully saturated rings. The lowest BCUT2D eigenvalue weighted by Gasteiger charge is -2.09. The quantitative estimate of drug-likeness (QED) is 0.807. The molecule has 5 heteroatoms. The molecule has 100 valence electrons. The van der Waals surface area contributed by atoms with Gasteiger partial charge in [-0.25, -0.2) is 0 Å². The Morgan fingerprint density at radius 2 is 2.28 bits per heavy atom. The van der Waals surface area contributed by atoms with Crippen LogP contribution in [0.4, 0.5) is 0 Å². The van der Waals surface area contributed by atoms with Crippen molar-refractivity contribution in [3.05, 3.63) is 28.2 Å². The van der Waals surface area contributed by atoms with E-state index in [1.54, 1.807) is 0 Å². The summed E-state index contributed by atoms with van der Waals surface area (Å²) in [6.45, 7) is 3.55. The first-order valence-electron chi connectivity index (χ1n) is 6.05. The molecule has 0 aliphatic rings. The summed E-state index contributed by atoms with van der Waals surface area (Å²) in [6, 6.07) is 5.88. The van der Waals surface area contributed by atoms with Crippen LogP contribution >= 0.6 is 15.9 Å². The number of carbonyl (C=O) groups excluding carboxylic acids is 1. The van der Waals surface area contributed by atoms with Crippen molar-refractivity contribution in [1.82, 2.24) is 5.32 Å². The van der Waals surface area contributed by atoms with Gasteiger partial charge >= 0.3 is 0 Å². The van der Waals surface area contributed by atoms with E-state index in [0.29, 0.717) is 26.1 Å². The van der Waals surface area contributed by atoms with Crippen molar-refractivity contribution < 1.29 is 9.53 Å². The largest absolute Gasteiger partial charge is 0.492 e.